The summed E-state index contributed by atoms with van der Waals surface area (Å²) in [5.41, 5.74) is 3.56. The molecule has 0 saturated carbocycles. The lowest BCUT2D eigenvalue weighted by molar-refractivity contribution is 1.45. The summed E-state index contributed by atoms with van der Waals surface area (Å²) in [7, 11) is 0. The third-order valence-electron chi connectivity index (χ3n) is 1.90. The summed E-state index contributed by atoms with van der Waals surface area (Å²) in [6.07, 6.45) is 5.57. The van der Waals surface area contributed by atoms with Crippen molar-refractivity contribution in [1.82, 2.24) is 0 Å². The highest BCUT2D eigenvalue weighted by molar-refractivity contribution is 5.74. The first kappa shape index (κ1) is 9.53. The van der Waals surface area contributed by atoms with Gasteiger partial charge in [0.25, 0.3) is 0 Å². The first-order valence-electron chi connectivity index (χ1n) is 4.30. The van der Waals surface area contributed by atoms with Gasteiger partial charge in [0.1, 0.15) is 0 Å². The van der Waals surface area contributed by atoms with Gasteiger partial charge < -0.3 is 0 Å². The van der Waals surface area contributed by atoms with Gasteiger partial charge in [-0.2, -0.15) is 0 Å². The van der Waals surface area contributed by atoms with Crippen LogP contribution in [0.1, 0.15) is 11.1 Å². The highest BCUT2D eigenvalue weighted by atomic mass is 14.0. The first-order valence-corrected chi connectivity index (χ1v) is 4.30. The van der Waals surface area contributed by atoms with Crippen molar-refractivity contribution in [2.45, 2.75) is 6.92 Å². The SMILES string of the molecule is C=CC=C(C=C)c1ccc(C)cc1. The van der Waals surface area contributed by atoms with Gasteiger partial charge in [0.15, 0.2) is 0 Å². The third kappa shape index (κ3) is 2.45. The van der Waals surface area contributed by atoms with Gasteiger partial charge in [-0.3, -0.25) is 0 Å². The minimum Gasteiger partial charge on any atom is -0.0990 e. The Morgan fingerprint density at radius 2 is 1.77 bits per heavy atom. The summed E-state index contributed by atoms with van der Waals surface area (Å²) in [5, 5.41) is 0. The fourth-order valence-corrected chi connectivity index (χ4v) is 1.16. The zero-order valence-corrected chi connectivity index (χ0v) is 7.96. The maximum atomic E-state index is 3.76. The maximum Gasteiger partial charge on any atom is -0.0184 e. The number of aryl methyl sites for hydroxylation is 1. The fraction of sp³-hybridized carbons (Fsp3) is 0.0769. The van der Waals surface area contributed by atoms with E-state index in [1.165, 1.54) is 11.1 Å². The lowest BCUT2D eigenvalue weighted by Gasteiger charge is -2.01. The van der Waals surface area contributed by atoms with E-state index in [0.29, 0.717) is 0 Å². The second-order valence-corrected chi connectivity index (χ2v) is 2.93. The summed E-state index contributed by atoms with van der Waals surface area (Å²) in [4.78, 5) is 0. The molecular weight excluding hydrogens is 156 g/mol. The van der Waals surface area contributed by atoms with Gasteiger partial charge in [0.2, 0.25) is 0 Å². The van der Waals surface area contributed by atoms with Crippen molar-refractivity contribution in [3.05, 3.63) is 66.8 Å². The van der Waals surface area contributed by atoms with Crippen LogP contribution in [0.5, 0.6) is 0 Å². The molecule has 0 aliphatic heterocycles. The number of hydrogen-bond donors (Lipinski definition) is 0. The summed E-state index contributed by atoms with van der Waals surface area (Å²) < 4.78 is 0. The molecule has 0 heteroatoms. The van der Waals surface area contributed by atoms with Gasteiger partial charge in [-0.25, -0.2) is 0 Å². The number of benzene rings is 1. The van der Waals surface area contributed by atoms with Gasteiger partial charge in [0.05, 0.1) is 0 Å². The van der Waals surface area contributed by atoms with Crippen LogP contribution in [-0.2, 0) is 0 Å². The van der Waals surface area contributed by atoms with Crippen molar-refractivity contribution >= 4 is 5.57 Å². The molecule has 0 fully saturated rings. The Bertz CT molecular complexity index is 326. The largest absolute Gasteiger partial charge is 0.0990 e. The lowest BCUT2D eigenvalue weighted by Crippen LogP contribution is -1.80. The van der Waals surface area contributed by atoms with E-state index >= 15 is 0 Å². The highest BCUT2D eigenvalue weighted by Crippen LogP contribution is 2.15. The second kappa shape index (κ2) is 4.46. The van der Waals surface area contributed by atoms with Crippen LogP contribution < -0.4 is 0 Å². The second-order valence-electron chi connectivity index (χ2n) is 2.93. The van der Waals surface area contributed by atoms with Crippen LogP contribution in [0.25, 0.3) is 5.57 Å². The van der Waals surface area contributed by atoms with E-state index in [-0.39, 0.29) is 0 Å². The van der Waals surface area contributed by atoms with Crippen molar-refractivity contribution in [2.75, 3.05) is 0 Å². The van der Waals surface area contributed by atoms with Crippen LogP contribution in [0.15, 0.2) is 55.7 Å². The zero-order valence-electron chi connectivity index (χ0n) is 7.96. The van der Waals surface area contributed by atoms with Gasteiger partial charge in [-0.05, 0) is 18.1 Å². The molecule has 0 heterocycles. The molecule has 0 N–H and O–H groups in total. The molecule has 0 atom stereocenters. The van der Waals surface area contributed by atoms with E-state index in [1.807, 2.05) is 12.2 Å². The van der Waals surface area contributed by atoms with E-state index in [0.717, 1.165) is 5.57 Å². The molecule has 0 unspecified atom stereocenters. The quantitative estimate of drug-likeness (QED) is 0.606. The third-order valence-corrected chi connectivity index (χ3v) is 1.90. The molecule has 1 aromatic rings. The molecular formula is C13H14. The minimum atomic E-state index is 1.11. The first-order chi connectivity index (χ1) is 6.27. The molecule has 66 valence electrons. The molecule has 0 aliphatic carbocycles. The summed E-state index contributed by atoms with van der Waals surface area (Å²) in [5.74, 6) is 0. The van der Waals surface area contributed by atoms with E-state index in [1.54, 1.807) is 6.08 Å². The van der Waals surface area contributed by atoms with Crippen molar-refractivity contribution in [3.63, 3.8) is 0 Å². The molecule has 0 bridgehead atoms. The molecule has 0 nitrogen and oxygen atoms in total. The van der Waals surface area contributed by atoms with Gasteiger partial charge in [-0.1, -0.05) is 61.2 Å². The van der Waals surface area contributed by atoms with Crippen LogP contribution in [0.3, 0.4) is 0 Å². The van der Waals surface area contributed by atoms with Crippen LogP contribution in [0.2, 0.25) is 0 Å². The smallest absolute Gasteiger partial charge is 0.0184 e. The molecule has 1 aromatic carbocycles. The lowest BCUT2D eigenvalue weighted by atomic mass is 10.0. The Morgan fingerprint density at radius 3 is 2.23 bits per heavy atom. The van der Waals surface area contributed by atoms with Crippen LogP contribution in [0.4, 0.5) is 0 Å². The predicted molar refractivity (Wildman–Crippen MR) is 59.6 cm³/mol. The molecule has 0 saturated heterocycles. The molecule has 1 rings (SSSR count). The minimum absolute atomic E-state index is 1.11. The van der Waals surface area contributed by atoms with Crippen LogP contribution in [0, 0.1) is 6.92 Å². The Hall–Kier alpha value is -1.56. The molecule has 0 spiro atoms. The van der Waals surface area contributed by atoms with Gasteiger partial charge in [0, 0.05) is 0 Å². The predicted octanol–water partition coefficient (Wildman–Crippen LogP) is 3.75. The van der Waals surface area contributed by atoms with Gasteiger partial charge >= 0.3 is 0 Å². The topological polar surface area (TPSA) is 0 Å². The molecule has 13 heavy (non-hydrogen) atoms. The normalized spacial score (nSPS) is 11.0. The van der Waals surface area contributed by atoms with E-state index in [4.69, 9.17) is 0 Å². The van der Waals surface area contributed by atoms with Crippen molar-refractivity contribution in [3.8, 4) is 0 Å². The average Bonchev–Trinajstić information content (AvgIpc) is 2.16. The van der Waals surface area contributed by atoms with Crippen molar-refractivity contribution in [2.24, 2.45) is 0 Å². The highest BCUT2D eigenvalue weighted by Gasteiger charge is 1.94. The number of hydrogen-bond acceptors (Lipinski definition) is 0. The Morgan fingerprint density at radius 1 is 1.15 bits per heavy atom. The Kier molecular flexibility index (Phi) is 3.27. The standard InChI is InChI=1S/C13H14/c1-4-6-12(5-2)13-9-7-11(3)8-10-13/h4-10H,1-2H2,3H3. The fourth-order valence-electron chi connectivity index (χ4n) is 1.16. The van der Waals surface area contributed by atoms with Crippen molar-refractivity contribution < 1.29 is 0 Å². The molecule has 0 amide bonds. The summed E-state index contributed by atoms with van der Waals surface area (Å²) >= 11 is 0. The van der Waals surface area contributed by atoms with E-state index in [9.17, 15) is 0 Å². The van der Waals surface area contributed by atoms with Crippen LogP contribution in [-0.4, -0.2) is 0 Å². The summed E-state index contributed by atoms with van der Waals surface area (Å²) in [6.45, 7) is 9.51. The Balaban J connectivity index is 3.06. The number of allylic oxidation sites excluding steroid dienone is 4. The van der Waals surface area contributed by atoms with Crippen molar-refractivity contribution in [1.29, 1.82) is 0 Å². The average molecular weight is 170 g/mol. The van der Waals surface area contributed by atoms with Crippen LogP contribution >= 0.6 is 0 Å². The Labute approximate surface area is 79.9 Å². The zero-order chi connectivity index (χ0) is 9.68. The molecule has 0 aliphatic rings. The molecule has 0 aromatic heterocycles. The molecule has 0 radical (unpaired) electrons. The van der Waals surface area contributed by atoms with Gasteiger partial charge in [-0.15, -0.1) is 0 Å². The maximum absolute atomic E-state index is 3.76. The number of rotatable bonds is 3. The monoisotopic (exact) mass is 170 g/mol. The van der Waals surface area contributed by atoms with E-state index < -0.39 is 0 Å². The summed E-state index contributed by atoms with van der Waals surface area (Å²) in [6, 6.07) is 8.37. The van der Waals surface area contributed by atoms with E-state index in [2.05, 4.69) is 44.3 Å².